The van der Waals surface area contributed by atoms with Crippen LogP contribution in [-0.4, -0.2) is 40.0 Å². The van der Waals surface area contributed by atoms with Crippen molar-refractivity contribution in [3.8, 4) is 17.0 Å². The van der Waals surface area contributed by atoms with Gasteiger partial charge in [-0.3, -0.25) is 9.59 Å². The molecule has 224 valence electrons. The lowest BCUT2D eigenvalue weighted by molar-refractivity contribution is -0.123. The number of amides is 2. The fraction of sp³-hybridized carbons (Fsp3) is 0.188. The molecule has 1 aliphatic rings. The van der Waals surface area contributed by atoms with Gasteiger partial charge in [0.1, 0.15) is 40.4 Å². The third-order valence-electron chi connectivity index (χ3n) is 7.84. The molecule has 3 aromatic carbocycles. The molecule has 44 heavy (non-hydrogen) atoms. The van der Waals surface area contributed by atoms with Crippen molar-refractivity contribution in [3.63, 3.8) is 0 Å². The van der Waals surface area contributed by atoms with Crippen molar-refractivity contribution in [2.75, 3.05) is 13.2 Å². The number of fused-ring (bicyclic) bond motifs is 2. The second kappa shape index (κ2) is 10.9. The highest BCUT2D eigenvalue weighted by Gasteiger charge is 2.46. The average Bonchev–Trinajstić information content (AvgIpc) is 3.57. The van der Waals surface area contributed by atoms with Crippen molar-refractivity contribution >= 4 is 46.1 Å². The van der Waals surface area contributed by atoms with E-state index in [1.807, 2.05) is 0 Å². The summed E-state index contributed by atoms with van der Waals surface area (Å²) in [7, 11) is 0. The van der Waals surface area contributed by atoms with Crippen LogP contribution >= 0.6 is 23.2 Å². The standard InChI is InChI=1S/C32H25Cl2FN4O5/c1-16-38-22-11-8-17(12-23(22)44-16)29(40)37-14-32(42,18-6-4-3-5-7-18)24-13-20-28(43-15-31(20,2)30(36)41)27(39-24)19-9-10-21(35)26(34)25(19)33/h3-13,42H,14-15H2,1-2H3,(H2,36,41)(H,37,40)/t31-,32+/m0/s1. The van der Waals surface area contributed by atoms with Crippen LogP contribution in [0.2, 0.25) is 10.0 Å². The van der Waals surface area contributed by atoms with Gasteiger partial charge in [0.2, 0.25) is 5.91 Å². The van der Waals surface area contributed by atoms with Crippen LogP contribution in [0.1, 0.15) is 40.0 Å². The van der Waals surface area contributed by atoms with E-state index < -0.39 is 28.6 Å². The highest BCUT2D eigenvalue weighted by molar-refractivity contribution is 6.43. The number of nitrogens with zero attached hydrogens (tertiary/aromatic N) is 2. The topological polar surface area (TPSA) is 141 Å². The maximum absolute atomic E-state index is 14.3. The molecule has 2 atom stereocenters. The number of nitrogens with one attached hydrogen (secondary N) is 1. The molecule has 0 unspecified atom stereocenters. The number of primary amides is 1. The Labute approximate surface area is 260 Å². The molecule has 0 aliphatic carbocycles. The summed E-state index contributed by atoms with van der Waals surface area (Å²) >= 11 is 12.6. The van der Waals surface area contributed by atoms with Crippen molar-refractivity contribution in [1.29, 1.82) is 0 Å². The summed E-state index contributed by atoms with van der Waals surface area (Å²) in [4.78, 5) is 35.0. The number of pyridine rings is 1. The van der Waals surface area contributed by atoms with E-state index in [2.05, 4.69) is 10.3 Å². The van der Waals surface area contributed by atoms with Gasteiger partial charge in [-0.15, -0.1) is 0 Å². The van der Waals surface area contributed by atoms with E-state index in [0.717, 1.165) is 6.07 Å². The lowest BCUT2D eigenvalue weighted by Gasteiger charge is -2.30. The van der Waals surface area contributed by atoms with Gasteiger partial charge in [0.05, 0.1) is 22.3 Å². The Hall–Kier alpha value is -4.51. The van der Waals surface area contributed by atoms with Gasteiger partial charge in [-0.2, -0.15) is 0 Å². The van der Waals surface area contributed by atoms with Gasteiger partial charge in [-0.05, 0) is 48.9 Å². The summed E-state index contributed by atoms with van der Waals surface area (Å²) in [6.45, 7) is 2.88. The smallest absolute Gasteiger partial charge is 0.251 e. The molecule has 2 amide bonds. The summed E-state index contributed by atoms with van der Waals surface area (Å²) in [5.74, 6) is -1.25. The summed E-state index contributed by atoms with van der Waals surface area (Å²) in [6, 6.07) is 17.4. The van der Waals surface area contributed by atoms with Gasteiger partial charge in [0.15, 0.2) is 11.5 Å². The van der Waals surface area contributed by atoms with Crippen molar-refractivity contribution in [1.82, 2.24) is 15.3 Å². The number of benzene rings is 3. The molecule has 12 heteroatoms. The Balaban J connectivity index is 1.50. The Kier molecular flexibility index (Phi) is 7.31. The molecule has 0 fully saturated rings. The summed E-state index contributed by atoms with van der Waals surface area (Å²) in [5.41, 5.74) is 5.01. The molecule has 0 spiro atoms. The summed E-state index contributed by atoms with van der Waals surface area (Å²) < 4.78 is 25.7. The highest BCUT2D eigenvalue weighted by atomic mass is 35.5. The van der Waals surface area contributed by atoms with Crippen LogP contribution < -0.4 is 15.8 Å². The molecule has 6 rings (SSSR count). The van der Waals surface area contributed by atoms with Crippen molar-refractivity contribution in [3.05, 3.63) is 111 Å². The van der Waals surface area contributed by atoms with E-state index in [1.165, 1.54) is 12.1 Å². The Morgan fingerprint density at radius 3 is 2.57 bits per heavy atom. The first-order chi connectivity index (χ1) is 20.9. The SMILES string of the molecule is Cc1nc2ccc(C(=O)NC[C@@](O)(c3ccccc3)c3cc4c(c(-c5ccc(F)c(Cl)c5Cl)n3)OC[C@]4(C)C(N)=O)cc2o1. The van der Waals surface area contributed by atoms with E-state index in [-0.39, 0.29) is 51.5 Å². The largest absolute Gasteiger partial charge is 0.489 e. The van der Waals surface area contributed by atoms with Gasteiger partial charge in [-0.1, -0.05) is 53.5 Å². The van der Waals surface area contributed by atoms with E-state index in [9.17, 15) is 19.1 Å². The van der Waals surface area contributed by atoms with Gasteiger partial charge in [0, 0.05) is 23.6 Å². The maximum atomic E-state index is 14.3. The van der Waals surface area contributed by atoms with Crippen LogP contribution in [0, 0.1) is 12.7 Å². The first kappa shape index (κ1) is 29.6. The van der Waals surface area contributed by atoms with Crippen molar-refractivity contribution in [2.45, 2.75) is 24.9 Å². The molecule has 0 radical (unpaired) electrons. The second-order valence-corrected chi connectivity index (χ2v) is 11.5. The normalized spacial score (nSPS) is 17.1. The molecule has 0 saturated heterocycles. The minimum absolute atomic E-state index is 0.0496. The molecule has 2 aromatic heterocycles. The van der Waals surface area contributed by atoms with E-state index in [1.54, 1.807) is 62.4 Å². The number of aryl methyl sites for hydroxylation is 1. The molecule has 3 heterocycles. The predicted octanol–water partition coefficient (Wildman–Crippen LogP) is 5.45. The van der Waals surface area contributed by atoms with Crippen LogP contribution in [0.15, 0.2) is 71.1 Å². The maximum Gasteiger partial charge on any atom is 0.251 e. The van der Waals surface area contributed by atoms with Crippen LogP contribution in [0.25, 0.3) is 22.4 Å². The molecule has 4 N–H and O–H groups in total. The van der Waals surface area contributed by atoms with E-state index in [0.29, 0.717) is 28.1 Å². The highest BCUT2D eigenvalue weighted by Crippen LogP contribution is 2.48. The average molecular weight is 635 g/mol. The van der Waals surface area contributed by atoms with Crippen LogP contribution in [-0.2, 0) is 15.8 Å². The zero-order valence-corrected chi connectivity index (χ0v) is 25.0. The van der Waals surface area contributed by atoms with Crippen LogP contribution in [0.5, 0.6) is 5.75 Å². The van der Waals surface area contributed by atoms with Gasteiger partial charge < -0.3 is 25.3 Å². The first-order valence-electron chi connectivity index (χ1n) is 13.5. The van der Waals surface area contributed by atoms with Gasteiger partial charge >= 0.3 is 0 Å². The van der Waals surface area contributed by atoms with Crippen LogP contribution in [0.3, 0.4) is 0 Å². The molecule has 9 nitrogen and oxygen atoms in total. The van der Waals surface area contributed by atoms with E-state index in [4.69, 9.17) is 43.1 Å². The monoisotopic (exact) mass is 634 g/mol. The van der Waals surface area contributed by atoms with Gasteiger partial charge in [-0.25, -0.2) is 14.4 Å². The number of rotatable bonds is 7. The fourth-order valence-electron chi connectivity index (χ4n) is 5.24. The molecule has 1 aliphatic heterocycles. The Morgan fingerprint density at radius 1 is 1.09 bits per heavy atom. The van der Waals surface area contributed by atoms with Crippen LogP contribution in [0.4, 0.5) is 4.39 Å². The number of hydrogen-bond acceptors (Lipinski definition) is 7. The predicted molar refractivity (Wildman–Crippen MR) is 162 cm³/mol. The molecular formula is C32H25Cl2FN4O5. The second-order valence-electron chi connectivity index (χ2n) is 10.8. The lowest BCUT2D eigenvalue weighted by Crippen LogP contribution is -2.43. The number of hydrogen-bond donors (Lipinski definition) is 3. The molecule has 0 bridgehead atoms. The molecule has 0 saturated carbocycles. The molecular weight excluding hydrogens is 610 g/mol. The number of aliphatic hydroxyl groups is 1. The number of nitrogens with two attached hydrogens (primary N) is 1. The first-order valence-corrected chi connectivity index (χ1v) is 14.2. The summed E-state index contributed by atoms with van der Waals surface area (Å²) in [6.07, 6.45) is 0. The number of halogens is 3. The third kappa shape index (κ3) is 4.85. The van der Waals surface area contributed by atoms with Crippen molar-refractivity contribution < 1.29 is 28.2 Å². The quantitative estimate of drug-likeness (QED) is 0.202. The lowest BCUT2D eigenvalue weighted by atomic mass is 9.80. The number of aromatic nitrogens is 2. The zero-order chi connectivity index (χ0) is 31.4. The van der Waals surface area contributed by atoms with Crippen molar-refractivity contribution in [2.24, 2.45) is 5.73 Å². The molecule has 5 aromatic rings. The number of ether oxygens (including phenoxy) is 1. The Morgan fingerprint density at radius 2 is 1.84 bits per heavy atom. The third-order valence-corrected chi connectivity index (χ3v) is 8.70. The number of oxazole rings is 1. The Bertz CT molecular complexity index is 1970. The summed E-state index contributed by atoms with van der Waals surface area (Å²) in [5, 5.41) is 14.8. The fourth-order valence-corrected chi connectivity index (χ4v) is 5.64. The van der Waals surface area contributed by atoms with Gasteiger partial charge in [0.25, 0.3) is 5.91 Å². The number of carbonyl (C=O) groups is 2. The minimum atomic E-state index is -1.94. The zero-order valence-electron chi connectivity index (χ0n) is 23.5. The minimum Gasteiger partial charge on any atom is -0.489 e. The number of carbonyl (C=O) groups excluding carboxylic acids is 2. The van der Waals surface area contributed by atoms with E-state index >= 15 is 0 Å².